The third-order valence-corrected chi connectivity index (χ3v) is 8.54. The van der Waals surface area contributed by atoms with Crippen molar-refractivity contribution >= 4 is 29.0 Å². The molecule has 2 fully saturated rings. The number of imidazole rings is 1. The molecule has 4 atom stereocenters. The topological polar surface area (TPSA) is 157 Å². The number of alkyl carbamates (subject to hydrolysis) is 1. The van der Waals surface area contributed by atoms with Gasteiger partial charge in [0.25, 0.3) is 0 Å². The number of fused-ring (bicyclic) bond motifs is 2. The average molecular weight is 675 g/mol. The number of esters is 1. The number of carbonyl (C=O) groups excluding carboxylic acids is 2. The van der Waals surface area contributed by atoms with Gasteiger partial charge in [-0.05, 0) is 61.9 Å². The number of nitrogens with one attached hydrogen (secondary N) is 2. The first-order valence-electron chi connectivity index (χ1n) is 16.3. The number of amides is 1. The number of anilines is 1. The molecule has 2 aliphatic rings. The van der Waals surface area contributed by atoms with Crippen LogP contribution in [0.25, 0.3) is 11.2 Å². The zero-order chi connectivity index (χ0) is 34.4. The molecule has 4 aromatic rings. The highest BCUT2D eigenvalue weighted by molar-refractivity contribution is 5.82. The molecule has 0 aliphatic carbocycles. The van der Waals surface area contributed by atoms with E-state index in [4.69, 9.17) is 23.7 Å². The van der Waals surface area contributed by atoms with Gasteiger partial charge in [0, 0.05) is 19.5 Å². The Kier molecular flexibility index (Phi) is 10.6. The summed E-state index contributed by atoms with van der Waals surface area (Å²) in [7, 11) is 3.00. The van der Waals surface area contributed by atoms with Crippen LogP contribution in [0.15, 0.2) is 61.2 Å². The van der Waals surface area contributed by atoms with Gasteiger partial charge in [0.2, 0.25) is 0 Å². The molecule has 260 valence electrons. The van der Waals surface area contributed by atoms with Crippen molar-refractivity contribution in [1.29, 1.82) is 0 Å². The summed E-state index contributed by atoms with van der Waals surface area (Å²) in [4.78, 5) is 37.2. The van der Waals surface area contributed by atoms with E-state index >= 15 is 0 Å². The molecule has 6 rings (SSSR count). The van der Waals surface area contributed by atoms with Crippen LogP contribution in [0.5, 0.6) is 5.75 Å². The van der Waals surface area contributed by atoms with Crippen molar-refractivity contribution < 1.29 is 38.0 Å². The minimum absolute atomic E-state index is 0.0609. The van der Waals surface area contributed by atoms with Crippen LogP contribution in [-0.2, 0) is 47.9 Å². The van der Waals surface area contributed by atoms with Gasteiger partial charge in [-0.1, -0.05) is 36.4 Å². The number of methoxy groups -OCH3 is 2. The van der Waals surface area contributed by atoms with Crippen LogP contribution in [0.3, 0.4) is 0 Å². The number of hydrogen-bond acceptors (Lipinski definition) is 12. The molecule has 2 aromatic carbocycles. The summed E-state index contributed by atoms with van der Waals surface area (Å²) in [5, 5.41) is 6.03. The van der Waals surface area contributed by atoms with E-state index in [1.165, 1.54) is 24.6 Å². The summed E-state index contributed by atoms with van der Waals surface area (Å²) < 4.78 is 35.9. The van der Waals surface area contributed by atoms with Crippen molar-refractivity contribution in [3.05, 3.63) is 77.9 Å². The Balaban J connectivity index is 1.06. The average Bonchev–Trinajstić information content (AvgIpc) is 3.78. The second-order valence-corrected chi connectivity index (χ2v) is 12.4. The van der Waals surface area contributed by atoms with Crippen molar-refractivity contribution in [2.75, 3.05) is 32.7 Å². The maximum Gasteiger partial charge on any atom is 0.407 e. The Morgan fingerprint density at radius 1 is 0.918 bits per heavy atom. The number of benzene rings is 2. The van der Waals surface area contributed by atoms with Crippen LogP contribution in [-0.4, -0.2) is 83.1 Å². The molecule has 2 saturated heterocycles. The molecular weight excluding hydrogens is 632 g/mol. The third-order valence-electron chi connectivity index (χ3n) is 8.54. The Hall–Kier alpha value is -4.79. The number of rotatable bonds is 14. The predicted octanol–water partition coefficient (Wildman–Crippen LogP) is 4.33. The lowest BCUT2D eigenvalue weighted by atomic mass is 10.0. The van der Waals surface area contributed by atoms with E-state index in [0.29, 0.717) is 29.9 Å². The van der Waals surface area contributed by atoms with E-state index in [-0.39, 0.29) is 25.5 Å². The summed E-state index contributed by atoms with van der Waals surface area (Å²) >= 11 is 0. The monoisotopic (exact) mass is 674 g/mol. The zero-order valence-corrected chi connectivity index (χ0v) is 28.1. The van der Waals surface area contributed by atoms with Gasteiger partial charge in [-0.25, -0.2) is 19.7 Å². The Bertz CT molecular complexity index is 1730. The first-order chi connectivity index (χ1) is 23.7. The van der Waals surface area contributed by atoms with Gasteiger partial charge in [-0.15, -0.1) is 0 Å². The number of ether oxygens (including phenoxy) is 6. The molecule has 4 heterocycles. The summed E-state index contributed by atoms with van der Waals surface area (Å²) in [6.07, 6.45) is 2.81. The fourth-order valence-corrected chi connectivity index (χ4v) is 6.01. The molecule has 49 heavy (non-hydrogen) atoms. The zero-order valence-electron chi connectivity index (χ0n) is 28.1. The standard InChI is InChI=1S/C35H42N6O8/c1-35(2)48-29-26(19-46-34(43)36-17-5-6-27(42)45-4)47-33(30(29)49-35)41-21-40-28-31(38-20-39-32(28)41)37-18-24-11-9-22(10-12-24)7-8-23-13-15-25(44-3)16-14-23/h9-16,20-21,26,29-30,33H,5-8,17-19H2,1-4H3,(H,36,43)(H,37,38,39)/t26-,29?,30+,33-/m1/s1. The number of hydrogen-bond donors (Lipinski definition) is 2. The van der Waals surface area contributed by atoms with E-state index in [0.717, 1.165) is 24.2 Å². The maximum absolute atomic E-state index is 12.3. The highest BCUT2D eigenvalue weighted by Gasteiger charge is 2.56. The van der Waals surface area contributed by atoms with Crippen LogP contribution in [0.2, 0.25) is 0 Å². The van der Waals surface area contributed by atoms with Crippen molar-refractivity contribution in [2.45, 2.75) is 76.4 Å². The van der Waals surface area contributed by atoms with Crippen LogP contribution < -0.4 is 15.4 Å². The first-order valence-corrected chi connectivity index (χ1v) is 16.3. The van der Waals surface area contributed by atoms with Crippen LogP contribution in [0.4, 0.5) is 10.6 Å². The normalized spacial score (nSPS) is 20.9. The minimum Gasteiger partial charge on any atom is -0.497 e. The molecule has 2 aromatic heterocycles. The third kappa shape index (κ3) is 8.27. The summed E-state index contributed by atoms with van der Waals surface area (Å²) in [5.41, 5.74) is 4.79. The summed E-state index contributed by atoms with van der Waals surface area (Å²) in [5.74, 6) is 0.249. The van der Waals surface area contributed by atoms with Crippen LogP contribution >= 0.6 is 0 Å². The summed E-state index contributed by atoms with van der Waals surface area (Å²) in [6.45, 7) is 4.43. The van der Waals surface area contributed by atoms with Crippen LogP contribution in [0, 0.1) is 0 Å². The summed E-state index contributed by atoms with van der Waals surface area (Å²) in [6, 6.07) is 16.7. The lowest BCUT2D eigenvalue weighted by molar-refractivity contribution is -0.199. The molecule has 0 bridgehead atoms. The van der Waals surface area contributed by atoms with E-state index in [2.05, 4.69) is 66.7 Å². The molecule has 0 radical (unpaired) electrons. The van der Waals surface area contributed by atoms with Gasteiger partial charge in [0.15, 0.2) is 29.0 Å². The number of nitrogens with zero attached hydrogens (tertiary/aromatic N) is 4. The largest absolute Gasteiger partial charge is 0.497 e. The van der Waals surface area contributed by atoms with E-state index in [9.17, 15) is 9.59 Å². The molecule has 1 amide bonds. The Morgan fingerprint density at radius 3 is 2.33 bits per heavy atom. The van der Waals surface area contributed by atoms with Gasteiger partial charge in [-0.2, -0.15) is 0 Å². The predicted molar refractivity (Wildman–Crippen MR) is 178 cm³/mol. The van der Waals surface area contributed by atoms with E-state index < -0.39 is 36.4 Å². The van der Waals surface area contributed by atoms with E-state index in [1.54, 1.807) is 18.0 Å². The first kappa shape index (κ1) is 34.1. The second-order valence-electron chi connectivity index (χ2n) is 12.4. The highest BCUT2D eigenvalue weighted by Crippen LogP contribution is 2.44. The molecule has 2 aliphatic heterocycles. The van der Waals surface area contributed by atoms with E-state index in [1.807, 2.05) is 26.0 Å². The maximum atomic E-state index is 12.3. The Morgan fingerprint density at radius 2 is 1.61 bits per heavy atom. The molecule has 1 unspecified atom stereocenters. The van der Waals surface area contributed by atoms with Crippen molar-refractivity contribution in [2.24, 2.45) is 0 Å². The highest BCUT2D eigenvalue weighted by atomic mass is 16.8. The lowest BCUT2D eigenvalue weighted by Crippen LogP contribution is -2.35. The molecule has 0 saturated carbocycles. The molecule has 0 spiro atoms. The fourth-order valence-electron chi connectivity index (χ4n) is 6.01. The lowest BCUT2D eigenvalue weighted by Gasteiger charge is -2.24. The smallest absolute Gasteiger partial charge is 0.407 e. The molecule has 2 N–H and O–H groups in total. The SMILES string of the molecule is COC(=O)CCCNC(=O)OC[C@H]1O[C@@H](n2cnc3c(NCc4ccc(CCc5ccc(OC)cc5)cc4)ncnc32)[C@H]2OC(C)(C)OC12. The van der Waals surface area contributed by atoms with Crippen molar-refractivity contribution in [1.82, 2.24) is 24.8 Å². The van der Waals surface area contributed by atoms with Crippen LogP contribution in [0.1, 0.15) is 49.6 Å². The number of carbonyl (C=O) groups is 2. The Labute approximate surface area is 284 Å². The van der Waals surface area contributed by atoms with Gasteiger partial charge >= 0.3 is 12.1 Å². The molecule has 14 nitrogen and oxygen atoms in total. The van der Waals surface area contributed by atoms with Gasteiger partial charge < -0.3 is 39.1 Å². The fraction of sp³-hybridized carbons (Fsp3) is 0.457. The van der Waals surface area contributed by atoms with Gasteiger partial charge in [0.05, 0.1) is 20.5 Å². The van der Waals surface area contributed by atoms with Crippen molar-refractivity contribution in [3.8, 4) is 5.75 Å². The molecule has 14 heteroatoms. The number of aromatic nitrogens is 4. The quantitative estimate of drug-likeness (QED) is 0.144. The van der Waals surface area contributed by atoms with Gasteiger partial charge in [-0.3, -0.25) is 9.36 Å². The molecular formula is C35H42N6O8. The van der Waals surface area contributed by atoms with Gasteiger partial charge in [0.1, 0.15) is 37.0 Å². The van der Waals surface area contributed by atoms with Crippen molar-refractivity contribution in [3.63, 3.8) is 0 Å². The minimum atomic E-state index is -0.866. The number of aryl methyl sites for hydroxylation is 2. The second kappa shape index (κ2) is 15.2.